The van der Waals surface area contributed by atoms with E-state index in [-0.39, 0.29) is 11.8 Å². The van der Waals surface area contributed by atoms with Gasteiger partial charge in [-0.05, 0) is 19.3 Å². The Morgan fingerprint density at radius 2 is 1.93 bits per heavy atom. The second kappa shape index (κ2) is 6.77. The molecule has 0 fully saturated rings. The molecule has 0 aromatic rings. The van der Waals surface area contributed by atoms with Crippen molar-refractivity contribution in [3.05, 3.63) is 0 Å². The van der Waals surface area contributed by atoms with Crippen LogP contribution in [0.5, 0.6) is 0 Å². The maximum Gasteiger partial charge on any atom is 0.232 e. The SMILES string of the molecule is CCC(C(=O)N(CC)CC(C)C)C(N)=S. The molecule has 0 saturated heterocycles. The first kappa shape index (κ1) is 14.4. The number of rotatable bonds is 6. The van der Waals surface area contributed by atoms with E-state index in [2.05, 4.69) is 13.8 Å². The normalized spacial score (nSPS) is 12.6. The van der Waals surface area contributed by atoms with Crippen LogP contribution in [0.3, 0.4) is 0 Å². The first-order valence-electron chi connectivity index (χ1n) is 5.52. The number of carbonyl (C=O) groups is 1. The first-order valence-corrected chi connectivity index (χ1v) is 5.92. The van der Waals surface area contributed by atoms with Crippen LogP contribution in [-0.4, -0.2) is 28.9 Å². The van der Waals surface area contributed by atoms with Gasteiger partial charge in [-0.25, -0.2) is 0 Å². The van der Waals surface area contributed by atoms with Crippen molar-refractivity contribution in [3.8, 4) is 0 Å². The smallest absolute Gasteiger partial charge is 0.232 e. The zero-order chi connectivity index (χ0) is 12.0. The molecule has 88 valence electrons. The van der Waals surface area contributed by atoms with E-state index in [1.54, 1.807) is 0 Å². The summed E-state index contributed by atoms with van der Waals surface area (Å²) in [6, 6.07) is 0. The minimum Gasteiger partial charge on any atom is -0.393 e. The highest BCUT2D eigenvalue weighted by molar-refractivity contribution is 7.80. The Bertz CT molecular complexity index is 229. The summed E-state index contributed by atoms with van der Waals surface area (Å²) < 4.78 is 0. The average Bonchev–Trinajstić information content (AvgIpc) is 2.14. The van der Waals surface area contributed by atoms with Gasteiger partial charge in [-0.15, -0.1) is 0 Å². The molecule has 1 atom stereocenters. The van der Waals surface area contributed by atoms with Crippen molar-refractivity contribution in [3.63, 3.8) is 0 Å². The lowest BCUT2D eigenvalue weighted by Crippen LogP contribution is -2.42. The van der Waals surface area contributed by atoms with E-state index in [1.165, 1.54) is 0 Å². The fraction of sp³-hybridized carbons (Fsp3) is 0.818. The number of amides is 1. The molecular weight excluding hydrogens is 208 g/mol. The van der Waals surface area contributed by atoms with Crippen LogP contribution in [0, 0.1) is 11.8 Å². The van der Waals surface area contributed by atoms with Gasteiger partial charge in [0.25, 0.3) is 0 Å². The summed E-state index contributed by atoms with van der Waals surface area (Å²) >= 11 is 4.90. The quantitative estimate of drug-likeness (QED) is 0.708. The van der Waals surface area contributed by atoms with Crippen LogP contribution < -0.4 is 5.73 Å². The predicted molar refractivity (Wildman–Crippen MR) is 67.7 cm³/mol. The van der Waals surface area contributed by atoms with Crippen molar-refractivity contribution in [2.45, 2.75) is 34.1 Å². The fourth-order valence-electron chi connectivity index (χ4n) is 1.53. The van der Waals surface area contributed by atoms with Gasteiger partial charge in [-0.2, -0.15) is 0 Å². The van der Waals surface area contributed by atoms with Gasteiger partial charge in [-0.3, -0.25) is 4.79 Å². The van der Waals surface area contributed by atoms with Crippen molar-refractivity contribution in [2.75, 3.05) is 13.1 Å². The fourth-order valence-corrected chi connectivity index (χ4v) is 1.80. The summed E-state index contributed by atoms with van der Waals surface area (Å²) in [6.45, 7) is 9.59. The Morgan fingerprint density at radius 1 is 1.40 bits per heavy atom. The van der Waals surface area contributed by atoms with Crippen molar-refractivity contribution in [1.29, 1.82) is 0 Å². The molecule has 0 spiro atoms. The van der Waals surface area contributed by atoms with E-state index in [0.29, 0.717) is 17.3 Å². The largest absolute Gasteiger partial charge is 0.393 e. The van der Waals surface area contributed by atoms with Gasteiger partial charge in [0.15, 0.2) is 0 Å². The lowest BCUT2D eigenvalue weighted by Gasteiger charge is -2.26. The minimum absolute atomic E-state index is 0.0706. The molecule has 2 N–H and O–H groups in total. The summed E-state index contributed by atoms with van der Waals surface area (Å²) in [4.78, 5) is 14.2. The molecule has 0 saturated carbocycles. The van der Waals surface area contributed by atoms with Gasteiger partial charge >= 0.3 is 0 Å². The number of hydrogen-bond acceptors (Lipinski definition) is 2. The highest BCUT2D eigenvalue weighted by Crippen LogP contribution is 2.10. The molecule has 0 aliphatic carbocycles. The lowest BCUT2D eigenvalue weighted by molar-refractivity contribution is -0.133. The summed E-state index contributed by atoms with van der Waals surface area (Å²) in [6.07, 6.45) is 0.683. The van der Waals surface area contributed by atoms with E-state index < -0.39 is 0 Å². The molecule has 4 heteroatoms. The molecule has 0 aromatic carbocycles. The summed E-state index contributed by atoms with van der Waals surface area (Å²) in [7, 11) is 0. The summed E-state index contributed by atoms with van der Waals surface area (Å²) in [5.74, 6) is 0.248. The van der Waals surface area contributed by atoms with Gasteiger partial charge in [0, 0.05) is 13.1 Å². The molecule has 0 aliphatic rings. The Labute approximate surface area is 98.0 Å². The van der Waals surface area contributed by atoms with E-state index in [0.717, 1.165) is 13.1 Å². The number of nitrogens with two attached hydrogens (primary N) is 1. The van der Waals surface area contributed by atoms with Gasteiger partial charge < -0.3 is 10.6 Å². The molecule has 1 amide bonds. The Balaban J connectivity index is 4.54. The Kier molecular flexibility index (Phi) is 6.48. The third-order valence-electron chi connectivity index (χ3n) is 2.33. The van der Waals surface area contributed by atoms with Crippen LogP contribution in [0.25, 0.3) is 0 Å². The Hall–Kier alpha value is -0.640. The Morgan fingerprint density at radius 3 is 2.20 bits per heavy atom. The predicted octanol–water partition coefficient (Wildman–Crippen LogP) is 1.80. The highest BCUT2D eigenvalue weighted by Gasteiger charge is 2.24. The summed E-state index contributed by atoms with van der Waals surface area (Å²) in [5.41, 5.74) is 5.56. The van der Waals surface area contributed by atoms with Crippen molar-refractivity contribution in [1.82, 2.24) is 4.90 Å². The zero-order valence-electron chi connectivity index (χ0n) is 10.1. The molecular formula is C11H22N2OS. The maximum absolute atomic E-state index is 12.0. The third-order valence-corrected chi connectivity index (χ3v) is 2.61. The molecule has 3 nitrogen and oxygen atoms in total. The molecule has 15 heavy (non-hydrogen) atoms. The minimum atomic E-state index is -0.293. The van der Waals surface area contributed by atoms with Gasteiger partial charge in [0.05, 0.1) is 10.9 Å². The van der Waals surface area contributed by atoms with E-state index in [1.807, 2.05) is 18.7 Å². The van der Waals surface area contributed by atoms with Crippen LogP contribution in [0.4, 0.5) is 0 Å². The van der Waals surface area contributed by atoms with Crippen LogP contribution in [0.2, 0.25) is 0 Å². The molecule has 1 unspecified atom stereocenters. The lowest BCUT2D eigenvalue weighted by atomic mass is 10.0. The number of nitrogens with zero attached hydrogens (tertiary/aromatic N) is 1. The molecule has 0 aromatic heterocycles. The van der Waals surface area contributed by atoms with Crippen LogP contribution in [-0.2, 0) is 4.79 Å². The van der Waals surface area contributed by atoms with E-state index >= 15 is 0 Å². The zero-order valence-corrected chi connectivity index (χ0v) is 10.9. The molecule has 0 bridgehead atoms. The first-order chi connectivity index (χ1) is 6.93. The molecule has 0 radical (unpaired) electrons. The maximum atomic E-state index is 12.0. The molecule has 0 aliphatic heterocycles. The van der Waals surface area contributed by atoms with Crippen molar-refractivity contribution >= 4 is 23.1 Å². The van der Waals surface area contributed by atoms with Crippen molar-refractivity contribution < 1.29 is 4.79 Å². The number of thiocarbonyl (C=S) groups is 1. The van der Waals surface area contributed by atoms with Gasteiger partial charge in [0.1, 0.15) is 0 Å². The second-order valence-corrected chi connectivity index (χ2v) is 4.61. The van der Waals surface area contributed by atoms with Crippen LogP contribution in [0.1, 0.15) is 34.1 Å². The number of hydrogen-bond donors (Lipinski definition) is 1. The van der Waals surface area contributed by atoms with E-state index in [9.17, 15) is 4.79 Å². The van der Waals surface area contributed by atoms with Crippen LogP contribution >= 0.6 is 12.2 Å². The molecule has 0 heterocycles. The van der Waals surface area contributed by atoms with Gasteiger partial charge in [-0.1, -0.05) is 33.0 Å². The van der Waals surface area contributed by atoms with E-state index in [4.69, 9.17) is 18.0 Å². The second-order valence-electron chi connectivity index (χ2n) is 4.13. The monoisotopic (exact) mass is 230 g/mol. The van der Waals surface area contributed by atoms with Crippen LogP contribution in [0.15, 0.2) is 0 Å². The topological polar surface area (TPSA) is 46.3 Å². The van der Waals surface area contributed by atoms with Crippen molar-refractivity contribution in [2.24, 2.45) is 17.6 Å². The highest BCUT2D eigenvalue weighted by atomic mass is 32.1. The third kappa shape index (κ3) is 4.60. The standard InChI is InChI=1S/C11H22N2OS/c1-5-9(10(12)15)11(14)13(6-2)7-8(3)4/h8-9H,5-7H2,1-4H3,(H2,12,15). The van der Waals surface area contributed by atoms with Gasteiger partial charge in [0.2, 0.25) is 5.91 Å². The average molecular weight is 230 g/mol. The molecule has 0 rings (SSSR count). The number of carbonyl (C=O) groups excluding carboxylic acids is 1. The summed E-state index contributed by atoms with van der Waals surface area (Å²) in [5, 5.41) is 0.